The van der Waals surface area contributed by atoms with Gasteiger partial charge in [0.15, 0.2) is 0 Å². The summed E-state index contributed by atoms with van der Waals surface area (Å²) in [5.41, 5.74) is 2.74. The molecule has 0 spiro atoms. The second kappa shape index (κ2) is 6.56. The molecule has 1 aliphatic heterocycles. The number of esters is 1. The van der Waals surface area contributed by atoms with Gasteiger partial charge in [-0.05, 0) is 55.6 Å². The van der Waals surface area contributed by atoms with Crippen LogP contribution in [0.5, 0.6) is 0 Å². The first-order chi connectivity index (χ1) is 12.1. The molecule has 0 amide bonds. The molecule has 0 unspecified atom stereocenters. The topological polar surface area (TPSA) is 55.8 Å². The number of quaternary nitrogens is 1. The van der Waals surface area contributed by atoms with Crippen LogP contribution in [-0.2, 0) is 16.1 Å². The van der Waals surface area contributed by atoms with Gasteiger partial charge in [0.05, 0.1) is 12.2 Å². The van der Waals surface area contributed by atoms with Crippen molar-refractivity contribution in [3.8, 4) is 0 Å². The minimum Gasteiger partial charge on any atom is -0.462 e. The molecule has 2 heterocycles. The number of allylic oxidation sites excluding steroid dienone is 1. The fourth-order valence-corrected chi connectivity index (χ4v) is 5.46. The van der Waals surface area contributed by atoms with Crippen molar-refractivity contribution in [3.05, 3.63) is 42.2 Å². The maximum absolute atomic E-state index is 12.5. The zero-order chi connectivity index (χ0) is 17.4. The van der Waals surface area contributed by atoms with Crippen LogP contribution in [0.1, 0.15) is 44.7 Å². The summed E-state index contributed by atoms with van der Waals surface area (Å²) in [5.74, 6) is 0.962. The van der Waals surface area contributed by atoms with E-state index in [1.165, 1.54) is 18.4 Å². The highest BCUT2D eigenvalue weighted by atomic mass is 16.6. The molecule has 1 aromatic rings. The smallest absolute Gasteiger partial charge is 0.315 e. The van der Waals surface area contributed by atoms with Gasteiger partial charge in [-0.25, -0.2) is 0 Å². The number of nitrogens with two attached hydrogens (primary N) is 1. The van der Waals surface area contributed by atoms with Gasteiger partial charge in [0.25, 0.3) is 0 Å². The molecule has 5 atom stereocenters. The molecule has 3 fully saturated rings. The van der Waals surface area contributed by atoms with Gasteiger partial charge in [-0.15, -0.1) is 0 Å². The fraction of sp³-hybridized carbons (Fsp3) is 0.619. The van der Waals surface area contributed by atoms with Crippen LogP contribution in [0, 0.1) is 23.2 Å². The summed E-state index contributed by atoms with van der Waals surface area (Å²) in [6.07, 6.45) is 7.67. The predicted octanol–water partition coefficient (Wildman–Crippen LogP) is 2.46. The van der Waals surface area contributed by atoms with Crippen LogP contribution >= 0.6 is 0 Å². The minimum absolute atomic E-state index is 0.0140. The summed E-state index contributed by atoms with van der Waals surface area (Å²) in [6, 6.07) is 5.97. The highest BCUT2D eigenvalue weighted by Crippen LogP contribution is 2.56. The van der Waals surface area contributed by atoms with E-state index in [0.717, 1.165) is 38.0 Å². The van der Waals surface area contributed by atoms with E-state index in [-0.39, 0.29) is 23.4 Å². The number of carbonyl (C=O) groups excluding carboxylic acids is 1. The lowest BCUT2D eigenvalue weighted by Gasteiger charge is -2.49. The van der Waals surface area contributed by atoms with Crippen molar-refractivity contribution in [2.45, 2.75) is 51.7 Å². The third kappa shape index (κ3) is 3.12. The van der Waals surface area contributed by atoms with E-state index in [4.69, 9.17) is 4.74 Å². The second-order valence-corrected chi connectivity index (χ2v) is 8.45. The van der Waals surface area contributed by atoms with E-state index in [1.54, 1.807) is 0 Å². The predicted molar refractivity (Wildman–Crippen MR) is 95.4 cm³/mol. The molecular weight excluding hydrogens is 312 g/mol. The summed E-state index contributed by atoms with van der Waals surface area (Å²) in [5, 5.41) is 2.21. The summed E-state index contributed by atoms with van der Waals surface area (Å²) in [4.78, 5) is 16.9. The van der Waals surface area contributed by atoms with Gasteiger partial charge in [-0.1, -0.05) is 25.1 Å². The number of hydrogen-bond acceptors (Lipinski definition) is 3. The van der Waals surface area contributed by atoms with E-state index in [0.29, 0.717) is 11.8 Å². The van der Waals surface area contributed by atoms with Crippen LogP contribution in [0.4, 0.5) is 0 Å². The Morgan fingerprint density at radius 3 is 3.12 bits per heavy atom. The number of rotatable bonds is 4. The summed E-state index contributed by atoms with van der Waals surface area (Å²) in [6.45, 7) is 8.36. The van der Waals surface area contributed by atoms with Gasteiger partial charge in [-0.2, -0.15) is 0 Å². The normalized spacial score (nSPS) is 37.3. The third-order valence-electron chi connectivity index (χ3n) is 6.82. The van der Waals surface area contributed by atoms with Crippen molar-refractivity contribution in [1.82, 2.24) is 4.98 Å². The summed E-state index contributed by atoms with van der Waals surface area (Å²) < 4.78 is 5.83. The van der Waals surface area contributed by atoms with Gasteiger partial charge in [-0.3, -0.25) is 9.78 Å². The monoisotopic (exact) mass is 341 g/mol. The molecular formula is C21H29N2O2+. The van der Waals surface area contributed by atoms with Gasteiger partial charge >= 0.3 is 5.97 Å². The Morgan fingerprint density at radius 1 is 1.44 bits per heavy atom. The number of carbonyl (C=O) groups is 1. The molecule has 1 saturated heterocycles. The van der Waals surface area contributed by atoms with E-state index < -0.39 is 0 Å². The Bertz CT molecular complexity index is 659. The molecule has 1 aromatic heterocycles. The molecule has 25 heavy (non-hydrogen) atoms. The van der Waals surface area contributed by atoms with Gasteiger partial charge < -0.3 is 10.1 Å². The van der Waals surface area contributed by atoms with E-state index >= 15 is 0 Å². The molecule has 2 saturated carbocycles. The third-order valence-corrected chi connectivity index (χ3v) is 6.82. The number of hydrogen-bond donors (Lipinski definition) is 1. The van der Waals surface area contributed by atoms with Gasteiger partial charge in [0, 0.05) is 12.1 Å². The molecule has 4 heteroatoms. The maximum atomic E-state index is 12.5. The lowest BCUT2D eigenvalue weighted by atomic mass is 9.55. The molecule has 3 aliphatic rings. The number of nitrogens with zero attached hydrogens (tertiary/aromatic N) is 1. The van der Waals surface area contributed by atoms with Crippen molar-refractivity contribution in [1.29, 1.82) is 0 Å². The minimum atomic E-state index is 0.0140. The van der Waals surface area contributed by atoms with Crippen LogP contribution in [0.15, 0.2) is 36.5 Å². The highest BCUT2D eigenvalue weighted by molar-refractivity contribution is 5.75. The lowest BCUT2D eigenvalue weighted by Crippen LogP contribution is -2.84. The molecule has 2 N–H and O–H groups in total. The zero-order valence-electron chi connectivity index (χ0n) is 15.1. The van der Waals surface area contributed by atoms with Crippen molar-refractivity contribution in [2.24, 2.45) is 23.2 Å². The number of aromatic nitrogens is 1. The number of ether oxygens (including phenoxy) is 1. The van der Waals surface area contributed by atoms with Crippen LogP contribution in [0.2, 0.25) is 0 Å². The standard InChI is InChI=1S/C21H28N2O2/c1-14-6-5-8-21(2)11-19-16(10-18(14)21)17(20(24)25-19)13-22-12-15-7-3-4-9-23-15/h3-4,7,9,16-19,22H,1,5-6,8,10-13H2,2H3/p+1/t16-,17-,18+,19-,21-/m1/s1. The molecule has 2 aliphatic carbocycles. The average molecular weight is 341 g/mol. The van der Waals surface area contributed by atoms with Crippen molar-refractivity contribution in [2.75, 3.05) is 6.54 Å². The van der Waals surface area contributed by atoms with E-state index in [1.807, 2.05) is 24.4 Å². The van der Waals surface area contributed by atoms with Crippen LogP contribution in [-0.4, -0.2) is 23.6 Å². The first-order valence-corrected chi connectivity index (χ1v) is 9.66. The zero-order valence-corrected chi connectivity index (χ0v) is 15.1. The largest absolute Gasteiger partial charge is 0.462 e. The fourth-order valence-electron chi connectivity index (χ4n) is 5.46. The van der Waals surface area contributed by atoms with Gasteiger partial charge in [0.1, 0.15) is 18.6 Å². The van der Waals surface area contributed by atoms with Gasteiger partial charge in [0.2, 0.25) is 0 Å². The molecule has 4 nitrogen and oxygen atoms in total. The van der Waals surface area contributed by atoms with Crippen molar-refractivity contribution < 1.29 is 14.8 Å². The molecule has 4 rings (SSSR count). The van der Waals surface area contributed by atoms with E-state index in [2.05, 4.69) is 23.8 Å². The first-order valence-electron chi connectivity index (χ1n) is 9.66. The highest BCUT2D eigenvalue weighted by Gasteiger charge is 2.55. The average Bonchev–Trinajstić information content (AvgIpc) is 2.88. The Kier molecular flexibility index (Phi) is 4.40. The van der Waals surface area contributed by atoms with Crippen LogP contribution in [0.25, 0.3) is 0 Å². The number of pyridine rings is 1. The lowest BCUT2D eigenvalue weighted by molar-refractivity contribution is -0.675. The van der Waals surface area contributed by atoms with Crippen molar-refractivity contribution in [3.63, 3.8) is 0 Å². The molecule has 0 aromatic carbocycles. The Balaban J connectivity index is 1.42. The Morgan fingerprint density at radius 2 is 2.32 bits per heavy atom. The molecule has 0 bridgehead atoms. The number of fused-ring (bicyclic) bond motifs is 2. The first kappa shape index (κ1) is 16.8. The van der Waals surface area contributed by atoms with E-state index in [9.17, 15) is 4.79 Å². The molecule has 0 radical (unpaired) electrons. The van der Waals surface area contributed by atoms with Crippen molar-refractivity contribution >= 4 is 5.97 Å². The second-order valence-electron chi connectivity index (χ2n) is 8.45. The van der Waals surface area contributed by atoms with Crippen LogP contribution < -0.4 is 5.32 Å². The van der Waals surface area contributed by atoms with Crippen LogP contribution in [0.3, 0.4) is 0 Å². The summed E-state index contributed by atoms with van der Waals surface area (Å²) >= 11 is 0. The maximum Gasteiger partial charge on any atom is 0.315 e. The summed E-state index contributed by atoms with van der Waals surface area (Å²) in [7, 11) is 0. The Labute approximate surface area is 150 Å². The quantitative estimate of drug-likeness (QED) is 0.676. The molecule has 134 valence electrons. The SMILES string of the molecule is C=C1CCC[C@]2(C)C[C@H]3OC(=O)[C@H](C[NH2+]Cc4ccccn4)[C@H]3C[C@@H]12. The Hall–Kier alpha value is -1.68.